The predicted octanol–water partition coefficient (Wildman–Crippen LogP) is 3.09. The first kappa shape index (κ1) is 7.83. The molecule has 0 bridgehead atoms. The first-order valence-corrected chi connectivity index (χ1v) is 8.24. The number of hydrogen-bond acceptors (Lipinski definition) is 0. The van der Waals surface area contributed by atoms with Gasteiger partial charge in [0.25, 0.3) is 0 Å². The second-order valence-corrected chi connectivity index (χ2v) is 9.90. The summed E-state index contributed by atoms with van der Waals surface area (Å²) in [6.45, 7) is 4.82. The molecule has 1 heterocycles. The predicted molar refractivity (Wildman–Crippen MR) is 52.7 cm³/mol. The van der Waals surface area contributed by atoms with Gasteiger partial charge < -0.3 is 0 Å². The average Bonchev–Trinajstić information content (AvgIpc) is 2.37. The van der Waals surface area contributed by atoms with Crippen LogP contribution in [0.15, 0.2) is 0 Å². The molecule has 0 aliphatic carbocycles. The van der Waals surface area contributed by atoms with Crippen LogP contribution >= 0.6 is 19.8 Å². The van der Waals surface area contributed by atoms with E-state index < -0.39 is 0 Å². The van der Waals surface area contributed by atoms with Crippen molar-refractivity contribution >= 4 is 19.8 Å². The quantitative estimate of drug-likeness (QED) is 0.514. The third-order valence-corrected chi connectivity index (χ3v) is 10.3. The van der Waals surface area contributed by atoms with Crippen molar-refractivity contribution in [3.8, 4) is 0 Å². The number of hydrogen-bond donors (Lipinski definition) is 0. The molecule has 1 heteroatoms. The maximum atomic E-state index is 2.47. The van der Waals surface area contributed by atoms with Crippen LogP contribution in [0.2, 0.25) is 0 Å². The van der Waals surface area contributed by atoms with Gasteiger partial charge in [-0.05, 0) is 0 Å². The van der Waals surface area contributed by atoms with Gasteiger partial charge in [-0.25, -0.2) is 0 Å². The van der Waals surface area contributed by atoms with Crippen molar-refractivity contribution in [2.75, 3.05) is 8.86 Å². The minimum atomic E-state index is -0.336. The summed E-state index contributed by atoms with van der Waals surface area (Å²) in [7, 11) is 0. The van der Waals surface area contributed by atoms with Crippen LogP contribution in [0.25, 0.3) is 0 Å². The van der Waals surface area contributed by atoms with Crippen LogP contribution in [0.5, 0.6) is 0 Å². The maximum absolute atomic E-state index is 2.47. The normalized spacial score (nSPS) is 26.7. The van der Waals surface area contributed by atoms with E-state index in [2.05, 4.69) is 13.8 Å². The molecule has 0 aromatic rings. The van der Waals surface area contributed by atoms with Crippen LogP contribution in [-0.2, 0) is 0 Å². The molecular weight excluding hydrogens is 223 g/mol. The van der Waals surface area contributed by atoms with Crippen LogP contribution in [-0.4, -0.2) is 12.8 Å². The summed E-state index contributed by atoms with van der Waals surface area (Å²) in [5, 5.41) is 0. The fraction of sp³-hybridized carbons (Fsp3) is 1.00. The van der Waals surface area contributed by atoms with E-state index in [4.69, 9.17) is 0 Å². The van der Waals surface area contributed by atoms with Gasteiger partial charge >= 0.3 is 65.7 Å². The second kappa shape index (κ2) is 3.79. The van der Waals surface area contributed by atoms with Gasteiger partial charge in [-0.2, -0.15) is 0 Å². The Morgan fingerprint density at radius 2 is 1.89 bits per heavy atom. The molecule has 0 saturated carbocycles. The summed E-state index contributed by atoms with van der Waals surface area (Å²) in [4.78, 5) is 0. The first-order chi connectivity index (χ1) is 4.34. The monoisotopic (exact) mass is 240 g/mol. The van der Waals surface area contributed by atoms with Crippen LogP contribution in [0.1, 0.15) is 33.1 Å². The molecule has 0 spiro atoms. The topological polar surface area (TPSA) is 0 Å². The summed E-state index contributed by atoms with van der Waals surface area (Å²) in [5.41, 5.74) is 0. The minimum absolute atomic E-state index is 0.336. The Labute approximate surface area is 65.8 Å². The molecule has 1 aliphatic heterocycles. The average molecular weight is 240 g/mol. The van der Waals surface area contributed by atoms with Crippen LogP contribution in [0, 0.1) is 0 Å². The Kier molecular flexibility index (Phi) is 3.30. The summed E-state index contributed by atoms with van der Waals surface area (Å²) < 4.78 is 4.48. The van der Waals surface area contributed by atoms with Gasteiger partial charge in [0.2, 0.25) is 0 Å². The van der Waals surface area contributed by atoms with Crippen molar-refractivity contribution < 1.29 is 0 Å². The Morgan fingerprint density at radius 1 is 1.33 bits per heavy atom. The van der Waals surface area contributed by atoms with Crippen molar-refractivity contribution in [1.82, 2.24) is 0 Å². The van der Waals surface area contributed by atoms with Crippen LogP contribution < -0.4 is 0 Å². The molecule has 9 heavy (non-hydrogen) atoms. The molecule has 0 amide bonds. The van der Waals surface area contributed by atoms with Gasteiger partial charge in [0.1, 0.15) is 0 Å². The molecule has 1 unspecified atom stereocenters. The van der Waals surface area contributed by atoms with E-state index in [0.717, 1.165) is 3.92 Å². The van der Waals surface area contributed by atoms with E-state index >= 15 is 0 Å². The second-order valence-electron chi connectivity index (χ2n) is 2.77. The summed E-state index contributed by atoms with van der Waals surface area (Å²) in [5.74, 6) is 0. The summed E-state index contributed by atoms with van der Waals surface area (Å²) >= 11 is -0.336. The van der Waals surface area contributed by atoms with Crippen LogP contribution in [0.4, 0.5) is 0 Å². The van der Waals surface area contributed by atoms with E-state index in [1.165, 1.54) is 6.42 Å². The molecule has 0 radical (unpaired) electrons. The Bertz CT molecular complexity index is 74.6. The van der Waals surface area contributed by atoms with E-state index in [9.17, 15) is 0 Å². The van der Waals surface area contributed by atoms with E-state index in [-0.39, 0.29) is 19.8 Å². The first-order valence-electron chi connectivity index (χ1n) is 3.95. The van der Waals surface area contributed by atoms with Gasteiger partial charge in [0.05, 0.1) is 0 Å². The van der Waals surface area contributed by atoms with Crippen molar-refractivity contribution in [3.63, 3.8) is 0 Å². The molecule has 0 aromatic heterocycles. The Balaban J connectivity index is 2.24. The fourth-order valence-electron chi connectivity index (χ4n) is 1.22. The van der Waals surface area contributed by atoms with Gasteiger partial charge in [0, 0.05) is 0 Å². The third kappa shape index (κ3) is 2.10. The van der Waals surface area contributed by atoms with E-state index in [0.29, 0.717) is 0 Å². The molecule has 1 fully saturated rings. The molecular formula is C8H17I. The standard InChI is InChI=1S/C8H17I/c1-3-8(2)9-6-4-5-7-9/h8H,3-7H2,1-2H3. The van der Waals surface area contributed by atoms with Crippen molar-refractivity contribution in [3.05, 3.63) is 0 Å². The molecule has 1 rings (SSSR count). The zero-order valence-electron chi connectivity index (χ0n) is 6.49. The SMILES string of the molecule is CCC(C)I1CCCC1. The molecule has 0 nitrogen and oxygen atoms in total. The fourth-order valence-corrected chi connectivity index (χ4v) is 8.17. The van der Waals surface area contributed by atoms with Gasteiger partial charge in [-0.1, -0.05) is 0 Å². The number of halogens is 1. The Hall–Kier alpha value is 0.730. The molecule has 1 atom stereocenters. The van der Waals surface area contributed by atoms with Crippen molar-refractivity contribution in [2.24, 2.45) is 0 Å². The Morgan fingerprint density at radius 3 is 2.33 bits per heavy atom. The summed E-state index contributed by atoms with van der Waals surface area (Å²) in [6.07, 6.45) is 4.58. The number of alkyl halides is 3. The third-order valence-electron chi connectivity index (χ3n) is 2.09. The van der Waals surface area contributed by atoms with Crippen LogP contribution in [0.3, 0.4) is 0 Å². The van der Waals surface area contributed by atoms with Crippen molar-refractivity contribution in [1.29, 1.82) is 0 Å². The van der Waals surface area contributed by atoms with Crippen molar-refractivity contribution in [2.45, 2.75) is 37.0 Å². The zero-order valence-corrected chi connectivity index (χ0v) is 8.65. The summed E-state index contributed by atoms with van der Waals surface area (Å²) in [6, 6.07) is 0. The van der Waals surface area contributed by atoms with Gasteiger partial charge in [0.15, 0.2) is 0 Å². The molecule has 1 saturated heterocycles. The molecule has 56 valence electrons. The number of rotatable bonds is 2. The van der Waals surface area contributed by atoms with E-state index in [1.807, 2.05) is 0 Å². The van der Waals surface area contributed by atoms with Gasteiger partial charge in [-0.15, -0.1) is 0 Å². The zero-order chi connectivity index (χ0) is 6.69. The molecule has 1 aliphatic rings. The van der Waals surface area contributed by atoms with E-state index in [1.54, 1.807) is 21.7 Å². The molecule has 0 N–H and O–H groups in total. The van der Waals surface area contributed by atoms with Gasteiger partial charge in [-0.3, -0.25) is 0 Å². The molecule has 0 aromatic carbocycles.